The van der Waals surface area contributed by atoms with Gasteiger partial charge in [0.1, 0.15) is 5.75 Å². The number of carbonyl (C=O) groups is 1. The van der Waals surface area contributed by atoms with E-state index in [1.165, 1.54) is 12.1 Å². The summed E-state index contributed by atoms with van der Waals surface area (Å²) in [4.78, 5) is 12.0. The van der Waals surface area contributed by atoms with Gasteiger partial charge in [-0.15, -0.1) is 0 Å². The molecule has 1 N–H and O–H groups in total. The normalized spacial score (nSPS) is 10.9. The number of ether oxygens (including phenoxy) is 1. The van der Waals surface area contributed by atoms with Crippen LogP contribution >= 0.6 is 0 Å². The second-order valence-electron chi connectivity index (χ2n) is 5.57. The molecule has 0 radical (unpaired) electrons. The van der Waals surface area contributed by atoms with Crippen molar-refractivity contribution in [3.63, 3.8) is 0 Å². The number of hydrogen-bond donors (Lipinski definition) is 1. The largest absolute Gasteiger partial charge is 0.435 e. The van der Waals surface area contributed by atoms with Crippen LogP contribution in [-0.2, 0) is 24.7 Å². The van der Waals surface area contributed by atoms with E-state index in [1.807, 2.05) is 20.9 Å². The topological polar surface area (TPSA) is 56.2 Å². The fourth-order valence-electron chi connectivity index (χ4n) is 2.48. The standard InChI is InChI=1S/C17H21F2N3O2/c1-11-15(12(2)22(3)21-11)10-16(23)20-9-8-13-4-6-14(7-5-13)24-17(18)19/h4-7,17H,8-10H2,1-3H3,(H,20,23). The number of nitrogens with one attached hydrogen (secondary N) is 1. The van der Waals surface area contributed by atoms with Gasteiger partial charge in [0.25, 0.3) is 0 Å². The van der Waals surface area contributed by atoms with Crippen molar-refractivity contribution in [2.24, 2.45) is 7.05 Å². The number of aromatic nitrogens is 2. The third-order valence-corrected chi connectivity index (χ3v) is 3.88. The number of amides is 1. The van der Waals surface area contributed by atoms with Gasteiger partial charge in [-0.25, -0.2) is 0 Å². The van der Waals surface area contributed by atoms with E-state index in [0.29, 0.717) is 19.4 Å². The van der Waals surface area contributed by atoms with Crippen molar-refractivity contribution in [1.29, 1.82) is 0 Å². The molecule has 130 valence electrons. The molecular weight excluding hydrogens is 316 g/mol. The fraction of sp³-hybridized carbons (Fsp3) is 0.412. The van der Waals surface area contributed by atoms with Gasteiger partial charge in [-0.3, -0.25) is 9.48 Å². The average Bonchev–Trinajstić information content (AvgIpc) is 2.75. The predicted molar refractivity (Wildman–Crippen MR) is 86.2 cm³/mol. The maximum Gasteiger partial charge on any atom is 0.387 e. The highest BCUT2D eigenvalue weighted by Crippen LogP contribution is 2.15. The van der Waals surface area contributed by atoms with Crippen LogP contribution in [0.2, 0.25) is 0 Å². The molecule has 0 saturated heterocycles. The monoisotopic (exact) mass is 337 g/mol. The molecule has 2 aromatic rings. The van der Waals surface area contributed by atoms with Crippen LogP contribution in [0.25, 0.3) is 0 Å². The van der Waals surface area contributed by atoms with Crippen LogP contribution in [0.15, 0.2) is 24.3 Å². The van der Waals surface area contributed by atoms with Gasteiger partial charge >= 0.3 is 6.61 Å². The lowest BCUT2D eigenvalue weighted by atomic mass is 10.1. The zero-order valence-corrected chi connectivity index (χ0v) is 14.0. The molecule has 0 unspecified atom stereocenters. The molecular formula is C17H21F2N3O2. The Balaban J connectivity index is 1.80. The smallest absolute Gasteiger partial charge is 0.387 e. The minimum absolute atomic E-state index is 0.0631. The molecule has 0 spiro atoms. The van der Waals surface area contributed by atoms with E-state index >= 15 is 0 Å². The Morgan fingerprint density at radius 3 is 2.50 bits per heavy atom. The first kappa shape index (κ1) is 17.9. The van der Waals surface area contributed by atoms with Crippen LogP contribution < -0.4 is 10.1 Å². The Kier molecular flexibility index (Phi) is 5.89. The quantitative estimate of drug-likeness (QED) is 0.845. The van der Waals surface area contributed by atoms with Crippen LogP contribution in [0, 0.1) is 13.8 Å². The Labute approximate surface area is 139 Å². The summed E-state index contributed by atoms with van der Waals surface area (Å²) in [5, 5.41) is 7.15. The van der Waals surface area contributed by atoms with Crippen LogP contribution in [0.3, 0.4) is 0 Å². The zero-order chi connectivity index (χ0) is 17.7. The number of aryl methyl sites for hydroxylation is 2. The third kappa shape index (κ3) is 4.78. The van der Waals surface area contributed by atoms with Crippen LogP contribution in [0.4, 0.5) is 8.78 Å². The van der Waals surface area contributed by atoms with E-state index in [0.717, 1.165) is 22.5 Å². The Hall–Kier alpha value is -2.44. The van der Waals surface area contributed by atoms with Gasteiger partial charge in [-0.05, 0) is 38.0 Å². The molecule has 1 heterocycles. The molecule has 2 rings (SSSR count). The first-order valence-corrected chi connectivity index (χ1v) is 7.66. The Morgan fingerprint density at radius 1 is 1.29 bits per heavy atom. The number of alkyl halides is 2. The molecule has 0 aliphatic heterocycles. The molecule has 7 heteroatoms. The molecule has 0 bridgehead atoms. The molecule has 1 aromatic carbocycles. The van der Waals surface area contributed by atoms with Crippen molar-refractivity contribution in [3.8, 4) is 5.75 Å². The highest BCUT2D eigenvalue weighted by Gasteiger charge is 2.13. The van der Waals surface area contributed by atoms with Gasteiger partial charge in [0.05, 0.1) is 12.1 Å². The highest BCUT2D eigenvalue weighted by atomic mass is 19.3. The lowest BCUT2D eigenvalue weighted by molar-refractivity contribution is -0.120. The van der Waals surface area contributed by atoms with Crippen LogP contribution in [0.5, 0.6) is 5.75 Å². The lowest BCUT2D eigenvalue weighted by Gasteiger charge is -2.07. The molecule has 0 aliphatic rings. The summed E-state index contributed by atoms with van der Waals surface area (Å²) in [7, 11) is 1.85. The molecule has 1 amide bonds. The molecule has 24 heavy (non-hydrogen) atoms. The van der Waals surface area contributed by atoms with Gasteiger partial charge < -0.3 is 10.1 Å². The van der Waals surface area contributed by atoms with Crippen LogP contribution in [0.1, 0.15) is 22.5 Å². The summed E-state index contributed by atoms with van der Waals surface area (Å²) in [6.45, 7) is 1.48. The van der Waals surface area contributed by atoms with Crippen molar-refractivity contribution in [3.05, 3.63) is 46.8 Å². The van der Waals surface area contributed by atoms with Gasteiger partial charge in [0.15, 0.2) is 0 Å². The first-order chi connectivity index (χ1) is 11.4. The van der Waals surface area contributed by atoms with E-state index in [1.54, 1.807) is 16.8 Å². The summed E-state index contributed by atoms with van der Waals surface area (Å²) in [6.07, 6.45) is 0.915. The first-order valence-electron chi connectivity index (χ1n) is 7.66. The number of rotatable bonds is 7. The average molecular weight is 337 g/mol. The third-order valence-electron chi connectivity index (χ3n) is 3.88. The molecule has 0 fully saturated rings. The summed E-state index contributed by atoms with van der Waals surface area (Å²) >= 11 is 0. The van der Waals surface area contributed by atoms with Crippen molar-refractivity contribution in [1.82, 2.24) is 15.1 Å². The number of benzene rings is 1. The molecule has 0 aliphatic carbocycles. The maximum absolute atomic E-state index is 12.1. The summed E-state index contributed by atoms with van der Waals surface area (Å²) < 4.78 is 30.2. The minimum Gasteiger partial charge on any atom is -0.435 e. The van der Waals surface area contributed by atoms with Gasteiger partial charge in [-0.2, -0.15) is 13.9 Å². The zero-order valence-electron chi connectivity index (χ0n) is 14.0. The molecule has 5 nitrogen and oxygen atoms in total. The molecule has 0 atom stereocenters. The molecule has 1 aromatic heterocycles. The van der Waals surface area contributed by atoms with Gasteiger partial charge in [-0.1, -0.05) is 12.1 Å². The lowest BCUT2D eigenvalue weighted by Crippen LogP contribution is -2.27. The fourth-order valence-corrected chi connectivity index (χ4v) is 2.48. The Bertz CT molecular complexity index is 697. The van der Waals surface area contributed by atoms with E-state index in [-0.39, 0.29) is 11.7 Å². The summed E-state index contributed by atoms with van der Waals surface area (Å²) in [5.41, 5.74) is 3.73. The number of carbonyl (C=O) groups excluding carboxylic acids is 1. The van der Waals surface area contributed by atoms with E-state index in [4.69, 9.17) is 0 Å². The van der Waals surface area contributed by atoms with E-state index < -0.39 is 6.61 Å². The SMILES string of the molecule is Cc1nn(C)c(C)c1CC(=O)NCCc1ccc(OC(F)F)cc1. The highest BCUT2D eigenvalue weighted by molar-refractivity contribution is 5.79. The number of hydrogen-bond acceptors (Lipinski definition) is 3. The van der Waals surface area contributed by atoms with E-state index in [2.05, 4.69) is 15.2 Å². The number of halogens is 2. The van der Waals surface area contributed by atoms with E-state index in [9.17, 15) is 13.6 Å². The molecule has 0 saturated carbocycles. The Morgan fingerprint density at radius 2 is 1.96 bits per heavy atom. The van der Waals surface area contributed by atoms with Crippen molar-refractivity contribution in [2.75, 3.05) is 6.54 Å². The second-order valence-corrected chi connectivity index (χ2v) is 5.57. The van der Waals surface area contributed by atoms with Crippen LogP contribution in [-0.4, -0.2) is 28.8 Å². The van der Waals surface area contributed by atoms with Gasteiger partial charge in [0, 0.05) is 24.8 Å². The minimum atomic E-state index is -2.82. The van der Waals surface area contributed by atoms with Gasteiger partial charge in [0.2, 0.25) is 5.91 Å². The van der Waals surface area contributed by atoms with Crippen molar-refractivity contribution < 1.29 is 18.3 Å². The van der Waals surface area contributed by atoms with Crippen molar-refractivity contribution in [2.45, 2.75) is 33.3 Å². The maximum atomic E-state index is 12.1. The number of nitrogens with zero attached hydrogens (tertiary/aromatic N) is 2. The second kappa shape index (κ2) is 7.90. The summed E-state index contributed by atoms with van der Waals surface area (Å²) in [5.74, 6) is 0.0622. The summed E-state index contributed by atoms with van der Waals surface area (Å²) in [6, 6.07) is 6.40. The predicted octanol–water partition coefficient (Wildman–Crippen LogP) is 2.54. The van der Waals surface area contributed by atoms with Crippen molar-refractivity contribution >= 4 is 5.91 Å².